The summed E-state index contributed by atoms with van der Waals surface area (Å²) in [4.78, 5) is 25.4. The van der Waals surface area contributed by atoms with Crippen molar-refractivity contribution in [3.05, 3.63) is 38.7 Å². The Balaban J connectivity index is 2.38. The van der Waals surface area contributed by atoms with Gasteiger partial charge >= 0.3 is 5.97 Å². The third-order valence-electron chi connectivity index (χ3n) is 3.26. The first-order valence-corrected chi connectivity index (χ1v) is 8.78. The van der Waals surface area contributed by atoms with E-state index in [1.807, 2.05) is 6.92 Å². The molecule has 1 unspecified atom stereocenters. The summed E-state index contributed by atoms with van der Waals surface area (Å²) in [5.74, 6) is -1.50. The van der Waals surface area contributed by atoms with E-state index >= 15 is 0 Å². The summed E-state index contributed by atoms with van der Waals surface area (Å²) in [7, 11) is 0. The largest absolute Gasteiger partial charge is 0.480 e. The summed E-state index contributed by atoms with van der Waals surface area (Å²) >= 11 is 18.4. The van der Waals surface area contributed by atoms with E-state index in [0.717, 1.165) is 16.7 Å². The second-order valence-corrected chi connectivity index (χ2v) is 7.32. The molecule has 0 radical (unpaired) electrons. The minimum absolute atomic E-state index is 0.227. The molecule has 1 aromatic rings. The molecule has 0 aromatic heterocycles. The van der Waals surface area contributed by atoms with Gasteiger partial charge in [0.2, 0.25) is 0 Å². The van der Waals surface area contributed by atoms with Crippen LogP contribution >= 0.6 is 47.2 Å². The van der Waals surface area contributed by atoms with E-state index in [1.54, 1.807) is 24.3 Å². The van der Waals surface area contributed by atoms with Gasteiger partial charge in [-0.2, -0.15) is 0 Å². The molecular formula is C15H13Cl2NO3S2. The molecule has 1 atom stereocenters. The number of rotatable bonds is 5. The molecule has 1 aliphatic rings. The van der Waals surface area contributed by atoms with Gasteiger partial charge in [-0.3, -0.25) is 9.69 Å². The number of carboxylic acids is 1. The van der Waals surface area contributed by atoms with Crippen molar-refractivity contribution in [2.24, 2.45) is 0 Å². The van der Waals surface area contributed by atoms with Crippen LogP contribution in [0.25, 0.3) is 6.08 Å². The second kappa shape index (κ2) is 7.66. The van der Waals surface area contributed by atoms with E-state index < -0.39 is 17.9 Å². The van der Waals surface area contributed by atoms with E-state index in [9.17, 15) is 14.7 Å². The average molecular weight is 390 g/mol. The van der Waals surface area contributed by atoms with Crippen LogP contribution in [0.1, 0.15) is 25.3 Å². The van der Waals surface area contributed by atoms with E-state index in [1.165, 1.54) is 0 Å². The topological polar surface area (TPSA) is 57.6 Å². The van der Waals surface area contributed by atoms with Crippen molar-refractivity contribution < 1.29 is 14.7 Å². The molecule has 0 aliphatic carbocycles. The van der Waals surface area contributed by atoms with Crippen LogP contribution in [-0.4, -0.2) is 32.2 Å². The van der Waals surface area contributed by atoms with Crippen molar-refractivity contribution in [3.63, 3.8) is 0 Å². The van der Waals surface area contributed by atoms with E-state index in [-0.39, 0.29) is 4.32 Å². The van der Waals surface area contributed by atoms with Crippen LogP contribution in [0.3, 0.4) is 0 Å². The standard InChI is InChI=1S/C15H13Cl2NO3S2/c1-2-4-11(14(20)21)18-13(19)12(23-15(18)22)7-8-9(16)5-3-6-10(8)17/h3,5-7,11H,2,4H2,1H3,(H,20,21)/b12-7-. The predicted molar refractivity (Wildman–Crippen MR) is 97.8 cm³/mol. The van der Waals surface area contributed by atoms with Gasteiger partial charge in [-0.15, -0.1) is 0 Å². The molecule has 23 heavy (non-hydrogen) atoms. The highest BCUT2D eigenvalue weighted by atomic mass is 35.5. The fourth-order valence-electron chi connectivity index (χ4n) is 2.16. The summed E-state index contributed by atoms with van der Waals surface area (Å²) in [6, 6.07) is 4.07. The summed E-state index contributed by atoms with van der Waals surface area (Å²) in [6.45, 7) is 1.85. The van der Waals surface area contributed by atoms with Crippen LogP contribution < -0.4 is 0 Å². The highest BCUT2D eigenvalue weighted by molar-refractivity contribution is 8.26. The van der Waals surface area contributed by atoms with Crippen molar-refractivity contribution in [1.82, 2.24) is 4.90 Å². The number of hydrogen-bond donors (Lipinski definition) is 1. The first-order valence-electron chi connectivity index (χ1n) is 6.80. The first-order chi connectivity index (χ1) is 10.9. The first kappa shape index (κ1) is 18.3. The van der Waals surface area contributed by atoms with Gasteiger partial charge in [-0.1, -0.05) is 66.6 Å². The molecule has 4 nitrogen and oxygen atoms in total. The van der Waals surface area contributed by atoms with Crippen LogP contribution in [0.15, 0.2) is 23.1 Å². The van der Waals surface area contributed by atoms with E-state index in [2.05, 4.69) is 0 Å². The Hall–Kier alpha value is -1.08. The van der Waals surface area contributed by atoms with Crippen LogP contribution in [0.4, 0.5) is 0 Å². The number of amides is 1. The summed E-state index contributed by atoms with van der Waals surface area (Å²) in [5, 5.41) is 10.2. The van der Waals surface area contributed by atoms with Gasteiger partial charge in [0.1, 0.15) is 10.4 Å². The third-order valence-corrected chi connectivity index (χ3v) is 5.25. The van der Waals surface area contributed by atoms with Crippen LogP contribution in [-0.2, 0) is 9.59 Å². The maximum atomic E-state index is 12.6. The maximum absolute atomic E-state index is 12.6. The second-order valence-electron chi connectivity index (χ2n) is 4.83. The molecule has 1 fully saturated rings. The number of halogens is 2. The molecule has 0 bridgehead atoms. The monoisotopic (exact) mass is 389 g/mol. The third kappa shape index (κ3) is 3.88. The molecule has 0 spiro atoms. The van der Waals surface area contributed by atoms with Crippen LogP contribution in [0.2, 0.25) is 10.0 Å². The predicted octanol–water partition coefficient (Wildman–Crippen LogP) is 4.45. The number of hydrogen-bond acceptors (Lipinski definition) is 4. The molecule has 1 aliphatic heterocycles. The number of carbonyl (C=O) groups excluding carboxylic acids is 1. The summed E-state index contributed by atoms with van der Waals surface area (Å²) in [6.07, 6.45) is 2.51. The maximum Gasteiger partial charge on any atom is 0.326 e. The van der Waals surface area contributed by atoms with Crippen molar-refractivity contribution >= 4 is 69.5 Å². The number of benzene rings is 1. The molecule has 1 saturated heterocycles. The van der Waals surface area contributed by atoms with Gasteiger partial charge in [0.25, 0.3) is 5.91 Å². The lowest BCUT2D eigenvalue weighted by Crippen LogP contribution is -2.43. The molecular weight excluding hydrogens is 377 g/mol. The molecule has 1 amide bonds. The number of carboxylic acid groups (broad SMARTS) is 1. The van der Waals surface area contributed by atoms with Gasteiger partial charge in [0, 0.05) is 15.6 Å². The molecule has 122 valence electrons. The zero-order valence-corrected chi connectivity index (χ0v) is 15.2. The SMILES string of the molecule is CCCC(C(=O)O)N1C(=O)/C(=C/c2c(Cl)cccc2Cl)SC1=S. The molecule has 0 saturated carbocycles. The number of aliphatic carboxylic acids is 1. The number of thiocarbonyl (C=S) groups is 1. The average Bonchev–Trinajstić information content (AvgIpc) is 2.75. The Bertz CT molecular complexity index is 686. The van der Waals surface area contributed by atoms with E-state index in [4.69, 9.17) is 35.4 Å². The van der Waals surface area contributed by atoms with Crippen LogP contribution in [0, 0.1) is 0 Å². The minimum atomic E-state index is -1.07. The highest BCUT2D eigenvalue weighted by Gasteiger charge is 2.40. The lowest BCUT2D eigenvalue weighted by atomic mass is 10.1. The normalized spacial score (nSPS) is 17.9. The number of carbonyl (C=O) groups is 2. The minimum Gasteiger partial charge on any atom is -0.480 e. The lowest BCUT2D eigenvalue weighted by Gasteiger charge is -2.22. The van der Waals surface area contributed by atoms with E-state index in [0.29, 0.717) is 33.4 Å². The van der Waals surface area contributed by atoms with Gasteiger partial charge in [0.05, 0.1) is 4.91 Å². The number of thioether (sulfide) groups is 1. The lowest BCUT2D eigenvalue weighted by molar-refractivity contribution is -0.145. The van der Waals surface area contributed by atoms with Crippen molar-refractivity contribution in [3.8, 4) is 0 Å². The van der Waals surface area contributed by atoms with Crippen LogP contribution in [0.5, 0.6) is 0 Å². The van der Waals surface area contributed by atoms with Crippen molar-refractivity contribution in [2.75, 3.05) is 0 Å². The highest BCUT2D eigenvalue weighted by Crippen LogP contribution is 2.37. The summed E-state index contributed by atoms with van der Waals surface area (Å²) < 4.78 is 0.227. The van der Waals surface area contributed by atoms with Gasteiger partial charge in [-0.25, -0.2) is 4.79 Å². The zero-order chi connectivity index (χ0) is 17.1. The smallest absolute Gasteiger partial charge is 0.326 e. The summed E-state index contributed by atoms with van der Waals surface area (Å²) in [5.41, 5.74) is 0.513. The molecule has 1 N–H and O–H groups in total. The number of nitrogens with zero attached hydrogens (tertiary/aromatic N) is 1. The quantitative estimate of drug-likeness (QED) is 0.595. The molecule has 1 heterocycles. The van der Waals surface area contributed by atoms with Gasteiger partial charge < -0.3 is 5.11 Å². The van der Waals surface area contributed by atoms with Crippen molar-refractivity contribution in [2.45, 2.75) is 25.8 Å². The zero-order valence-electron chi connectivity index (χ0n) is 12.1. The Kier molecular flexibility index (Phi) is 6.08. The van der Waals surface area contributed by atoms with Gasteiger partial charge in [-0.05, 0) is 24.6 Å². The Labute approximate surface area is 153 Å². The Morgan fingerprint density at radius 3 is 2.57 bits per heavy atom. The van der Waals surface area contributed by atoms with Gasteiger partial charge in [0.15, 0.2) is 0 Å². The molecule has 1 aromatic carbocycles. The fraction of sp³-hybridized carbons (Fsp3) is 0.267. The Morgan fingerprint density at radius 1 is 1.43 bits per heavy atom. The van der Waals surface area contributed by atoms with Crippen molar-refractivity contribution in [1.29, 1.82) is 0 Å². The molecule has 8 heteroatoms. The fourth-order valence-corrected chi connectivity index (χ4v) is 4.01. The molecule has 2 rings (SSSR count). The Morgan fingerprint density at radius 2 is 2.04 bits per heavy atom.